The summed E-state index contributed by atoms with van der Waals surface area (Å²) in [5.74, 6) is -0.443. The number of nitrogens with zero attached hydrogens (tertiary/aromatic N) is 2. The maximum absolute atomic E-state index is 13.6. The quantitative estimate of drug-likeness (QED) is 0.630. The average Bonchev–Trinajstić information content (AvgIpc) is 2.51. The fourth-order valence-electron chi connectivity index (χ4n) is 2.23. The molecule has 0 atom stereocenters. The smallest absolute Gasteiger partial charge is 0.262 e. The zero-order valence-corrected chi connectivity index (χ0v) is 17.2. The zero-order chi connectivity index (χ0) is 19.3. The first-order valence-corrected chi connectivity index (χ1v) is 10.2. The summed E-state index contributed by atoms with van der Waals surface area (Å²) in [7, 11) is -0.0672. The summed E-state index contributed by atoms with van der Waals surface area (Å²) in [6.07, 6.45) is 2.28. The van der Waals surface area contributed by atoms with Gasteiger partial charge in [-0.1, -0.05) is 0 Å². The highest BCUT2D eigenvalue weighted by Crippen LogP contribution is 2.28. The molecule has 0 spiro atoms. The Morgan fingerprint density at radius 1 is 1.27 bits per heavy atom. The van der Waals surface area contributed by atoms with E-state index in [1.807, 2.05) is 19.0 Å². The molecule has 0 saturated heterocycles. The predicted molar refractivity (Wildman–Crippen MR) is 103 cm³/mol. The molecule has 1 aromatic heterocycles. The average molecular weight is 446 g/mol. The minimum atomic E-state index is -3.98. The van der Waals surface area contributed by atoms with E-state index >= 15 is 0 Å². The van der Waals surface area contributed by atoms with Crippen LogP contribution in [0.4, 0.5) is 10.1 Å². The Morgan fingerprint density at radius 2 is 2.00 bits per heavy atom. The molecular formula is C17H21BrFN3O3S. The number of hydrogen-bond donors (Lipinski definition) is 1. The third-order valence-electron chi connectivity index (χ3n) is 3.38. The van der Waals surface area contributed by atoms with Crippen LogP contribution in [-0.2, 0) is 10.0 Å². The van der Waals surface area contributed by atoms with Crippen LogP contribution in [0.15, 0.2) is 39.8 Å². The Balaban J connectivity index is 2.22. The lowest BCUT2D eigenvalue weighted by atomic mass is 10.2. The molecule has 0 aliphatic carbocycles. The number of hydrogen-bond acceptors (Lipinski definition) is 5. The van der Waals surface area contributed by atoms with E-state index in [0.717, 1.165) is 19.0 Å². The number of sulfonamides is 1. The standard InChI is InChI=1S/C17H21BrFN3O3S/c1-12-7-14(19)10-15(8-12)26(23,24)21-16-9-13(18)11-20-17(16)25-6-4-5-22(2)3/h7-11,21H,4-6H2,1-3H3. The van der Waals surface area contributed by atoms with E-state index in [0.29, 0.717) is 16.6 Å². The van der Waals surface area contributed by atoms with Gasteiger partial charge in [0.1, 0.15) is 11.5 Å². The van der Waals surface area contributed by atoms with Gasteiger partial charge < -0.3 is 9.64 Å². The van der Waals surface area contributed by atoms with E-state index in [2.05, 4.69) is 25.6 Å². The summed E-state index contributed by atoms with van der Waals surface area (Å²) in [6.45, 7) is 2.85. The van der Waals surface area contributed by atoms with Crippen molar-refractivity contribution in [1.29, 1.82) is 0 Å². The molecule has 0 amide bonds. The number of benzene rings is 1. The number of aryl methyl sites for hydroxylation is 1. The Morgan fingerprint density at radius 3 is 2.65 bits per heavy atom. The minimum Gasteiger partial charge on any atom is -0.476 e. The Bertz CT molecular complexity index is 855. The van der Waals surface area contributed by atoms with Crippen molar-refractivity contribution in [2.24, 2.45) is 0 Å². The number of halogens is 2. The van der Waals surface area contributed by atoms with Crippen LogP contribution in [0.2, 0.25) is 0 Å². The van der Waals surface area contributed by atoms with Crippen LogP contribution in [0.5, 0.6) is 5.88 Å². The molecule has 2 aromatic rings. The summed E-state index contributed by atoms with van der Waals surface area (Å²) in [5, 5.41) is 0. The summed E-state index contributed by atoms with van der Waals surface area (Å²) in [6, 6.07) is 5.18. The van der Waals surface area contributed by atoms with Crippen LogP contribution < -0.4 is 9.46 Å². The van der Waals surface area contributed by atoms with Gasteiger partial charge in [-0.2, -0.15) is 0 Å². The number of pyridine rings is 1. The molecule has 0 aliphatic heterocycles. The van der Waals surface area contributed by atoms with Gasteiger partial charge >= 0.3 is 0 Å². The van der Waals surface area contributed by atoms with Crippen molar-refractivity contribution in [3.05, 3.63) is 46.3 Å². The van der Waals surface area contributed by atoms with E-state index in [4.69, 9.17) is 4.74 Å². The molecule has 0 bridgehead atoms. The van der Waals surface area contributed by atoms with Crippen LogP contribution in [0, 0.1) is 12.7 Å². The van der Waals surface area contributed by atoms with Crippen LogP contribution in [0.25, 0.3) is 0 Å². The monoisotopic (exact) mass is 445 g/mol. The van der Waals surface area contributed by atoms with Crippen LogP contribution in [-0.4, -0.2) is 45.5 Å². The van der Waals surface area contributed by atoms with Gasteiger partial charge in [-0.3, -0.25) is 4.72 Å². The molecule has 26 heavy (non-hydrogen) atoms. The maximum atomic E-state index is 13.6. The highest BCUT2D eigenvalue weighted by molar-refractivity contribution is 9.10. The summed E-state index contributed by atoms with van der Waals surface area (Å²) >= 11 is 3.26. The van der Waals surface area contributed by atoms with Gasteiger partial charge in [-0.05, 0) is 73.2 Å². The Kier molecular flexibility index (Phi) is 6.96. The molecule has 1 aromatic carbocycles. The van der Waals surface area contributed by atoms with Gasteiger partial charge in [0.05, 0.1) is 11.5 Å². The van der Waals surface area contributed by atoms with Crippen LogP contribution in [0.3, 0.4) is 0 Å². The largest absolute Gasteiger partial charge is 0.476 e. The second-order valence-corrected chi connectivity index (χ2v) is 8.68. The highest BCUT2D eigenvalue weighted by Gasteiger charge is 2.19. The van der Waals surface area contributed by atoms with Gasteiger partial charge in [-0.25, -0.2) is 17.8 Å². The lowest BCUT2D eigenvalue weighted by Gasteiger charge is -2.14. The molecule has 0 radical (unpaired) electrons. The molecule has 0 fully saturated rings. The first-order chi connectivity index (χ1) is 12.2. The zero-order valence-electron chi connectivity index (χ0n) is 14.8. The van der Waals surface area contributed by atoms with Gasteiger partial charge in [-0.15, -0.1) is 0 Å². The molecule has 0 unspecified atom stereocenters. The van der Waals surface area contributed by atoms with E-state index in [9.17, 15) is 12.8 Å². The van der Waals surface area contributed by atoms with Crippen LogP contribution in [0.1, 0.15) is 12.0 Å². The summed E-state index contributed by atoms with van der Waals surface area (Å²) < 4.78 is 47.4. The molecule has 142 valence electrons. The number of ether oxygens (including phenoxy) is 1. The van der Waals surface area contributed by atoms with E-state index in [1.54, 1.807) is 13.0 Å². The molecule has 1 heterocycles. The van der Waals surface area contributed by atoms with Crippen molar-refractivity contribution in [3.63, 3.8) is 0 Å². The Labute approximate surface area is 161 Å². The molecular weight excluding hydrogens is 425 g/mol. The predicted octanol–water partition coefficient (Wildman–Crippen LogP) is 3.42. The maximum Gasteiger partial charge on any atom is 0.262 e. The summed E-state index contributed by atoms with van der Waals surface area (Å²) in [5.41, 5.74) is 0.698. The highest BCUT2D eigenvalue weighted by atomic mass is 79.9. The van der Waals surface area contributed by atoms with Gasteiger partial charge in [0, 0.05) is 17.2 Å². The molecule has 6 nitrogen and oxygen atoms in total. The van der Waals surface area contributed by atoms with Crippen molar-refractivity contribution in [3.8, 4) is 5.88 Å². The minimum absolute atomic E-state index is 0.159. The Hall–Kier alpha value is -1.71. The van der Waals surface area contributed by atoms with E-state index < -0.39 is 15.8 Å². The third kappa shape index (κ3) is 5.93. The van der Waals surface area contributed by atoms with Crippen molar-refractivity contribution in [1.82, 2.24) is 9.88 Å². The topological polar surface area (TPSA) is 71.5 Å². The molecule has 0 aliphatic rings. The van der Waals surface area contributed by atoms with Gasteiger partial charge in [0.15, 0.2) is 0 Å². The number of aromatic nitrogens is 1. The lowest BCUT2D eigenvalue weighted by molar-refractivity contribution is 0.274. The van der Waals surface area contributed by atoms with Crippen molar-refractivity contribution >= 4 is 31.6 Å². The number of rotatable bonds is 8. The van der Waals surface area contributed by atoms with Gasteiger partial charge in [0.25, 0.3) is 10.0 Å². The molecule has 9 heteroatoms. The third-order valence-corrected chi connectivity index (χ3v) is 5.16. The number of anilines is 1. The normalized spacial score (nSPS) is 11.6. The second kappa shape index (κ2) is 8.79. The molecule has 1 N–H and O–H groups in total. The SMILES string of the molecule is Cc1cc(F)cc(S(=O)(=O)Nc2cc(Br)cnc2OCCCN(C)C)c1. The lowest BCUT2D eigenvalue weighted by Crippen LogP contribution is -2.17. The van der Waals surface area contributed by atoms with Crippen molar-refractivity contribution < 1.29 is 17.5 Å². The first kappa shape index (κ1) is 20.6. The van der Waals surface area contributed by atoms with Crippen molar-refractivity contribution in [2.45, 2.75) is 18.2 Å². The van der Waals surface area contributed by atoms with Crippen LogP contribution >= 0.6 is 15.9 Å². The molecule has 2 rings (SSSR count). The fraction of sp³-hybridized carbons (Fsp3) is 0.353. The second-order valence-electron chi connectivity index (χ2n) is 6.08. The number of nitrogens with one attached hydrogen (secondary N) is 1. The van der Waals surface area contributed by atoms with Crippen molar-refractivity contribution in [2.75, 3.05) is 32.0 Å². The fourth-order valence-corrected chi connectivity index (χ4v) is 3.72. The summed E-state index contributed by atoms with van der Waals surface area (Å²) in [4.78, 5) is 5.99. The van der Waals surface area contributed by atoms with E-state index in [-0.39, 0.29) is 16.5 Å². The first-order valence-electron chi connectivity index (χ1n) is 7.90. The van der Waals surface area contributed by atoms with E-state index in [1.165, 1.54) is 18.3 Å². The van der Waals surface area contributed by atoms with Gasteiger partial charge in [0.2, 0.25) is 5.88 Å². The molecule has 0 saturated carbocycles.